The molecule has 1 fully saturated rings. The summed E-state index contributed by atoms with van der Waals surface area (Å²) in [5.41, 5.74) is 0. The summed E-state index contributed by atoms with van der Waals surface area (Å²) >= 11 is 1.87. The molecule has 1 atom stereocenters. The smallest absolute Gasteiger partial charge is 0.305 e. The van der Waals surface area contributed by atoms with Crippen LogP contribution in [-0.4, -0.2) is 35.3 Å². The molecule has 64 valence electrons. The number of thioether (sulfide) groups is 1. The predicted molar refractivity (Wildman–Crippen MR) is 43.9 cm³/mol. The number of hydrogen-bond acceptors (Lipinski definition) is 3. The van der Waals surface area contributed by atoms with Gasteiger partial charge in [0.05, 0.1) is 19.1 Å². The number of rotatable bonds is 4. The van der Waals surface area contributed by atoms with Crippen molar-refractivity contribution in [3.63, 3.8) is 0 Å². The van der Waals surface area contributed by atoms with E-state index in [0.29, 0.717) is 12.7 Å². The molecule has 0 radical (unpaired) electrons. The molecule has 1 saturated heterocycles. The zero-order chi connectivity index (χ0) is 8.10. The highest BCUT2D eigenvalue weighted by Gasteiger charge is 2.15. The molecule has 0 amide bonds. The van der Waals surface area contributed by atoms with Crippen LogP contribution in [0.1, 0.15) is 12.8 Å². The van der Waals surface area contributed by atoms with Gasteiger partial charge in [-0.3, -0.25) is 4.79 Å². The Kier molecular flexibility index (Phi) is 3.72. The van der Waals surface area contributed by atoms with Gasteiger partial charge >= 0.3 is 5.97 Å². The lowest BCUT2D eigenvalue weighted by molar-refractivity contribution is -0.138. The predicted octanol–water partition coefficient (Wildman–Crippen LogP) is 0.983. The fourth-order valence-electron chi connectivity index (χ4n) is 0.957. The molecule has 1 heterocycles. The van der Waals surface area contributed by atoms with Gasteiger partial charge in [-0.1, -0.05) is 0 Å². The second-order valence-electron chi connectivity index (χ2n) is 2.50. The molecule has 1 N–H and O–H groups in total. The number of carboxylic acid groups (broad SMARTS) is 1. The fourth-order valence-corrected chi connectivity index (χ4v) is 2.08. The quantitative estimate of drug-likeness (QED) is 0.693. The van der Waals surface area contributed by atoms with Crippen molar-refractivity contribution in [3.8, 4) is 0 Å². The molecular formula is C7H12O3S. The maximum absolute atomic E-state index is 10.1. The maximum Gasteiger partial charge on any atom is 0.305 e. The number of carboxylic acids is 1. The number of hydrogen-bond donors (Lipinski definition) is 1. The van der Waals surface area contributed by atoms with Gasteiger partial charge in [0, 0.05) is 5.75 Å². The number of aliphatic carboxylic acids is 1. The molecule has 4 heteroatoms. The van der Waals surface area contributed by atoms with Crippen LogP contribution in [0.4, 0.5) is 0 Å². The van der Waals surface area contributed by atoms with Gasteiger partial charge in [-0.25, -0.2) is 0 Å². The molecular weight excluding hydrogens is 164 g/mol. The molecule has 1 aliphatic rings. The molecule has 1 rings (SSSR count). The van der Waals surface area contributed by atoms with Crippen molar-refractivity contribution in [1.82, 2.24) is 0 Å². The minimum Gasteiger partial charge on any atom is -0.481 e. The molecule has 3 nitrogen and oxygen atoms in total. The minimum absolute atomic E-state index is 0.126. The van der Waals surface area contributed by atoms with Crippen molar-refractivity contribution in [2.75, 3.05) is 18.1 Å². The molecule has 0 aliphatic carbocycles. The van der Waals surface area contributed by atoms with Gasteiger partial charge in [0.2, 0.25) is 0 Å². The van der Waals surface area contributed by atoms with Gasteiger partial charge in [0.1, 0.15) is 0 Å². The Morgan fingerprint density at radius 2 is 2.55 bits per heavy atom. The van der Waals surface area contributed by atoms with Gasteiger partial charge in [-0.15, -0.1) is 0 Å². The summed E-state index contributed by atoms with van der Waals surface area (Å²) in [6, 6.07) is 0. The standard InChI is InChI=1S/C7H12O3S/c8-7(9)1-3-10-6-2-4-11-5-6/h6H,1-5H2,(H,8,9). The van der Waals surface area contributed by atoms with Crippen LogP contribution < -0.4 is 0 Å². The SMILES string of the molecule is O=C(O)CCOC1CCSC1. The van der Waals surface area contributed by atoms with Crippen molar-refractivity contribution >= 4 is 17.7 Å². The average Bonchev–Trinajstić information content (AvgIpc) is 2.39. The Morgan fingerprint density at radius 3 is 3.09 bits per heavy atom. The monoisotopic (exact) mass is 176 g/mol. The van der Waals surface area contributed by atoms with E-state index in [9.17, 15) is 4.79 Å². The van der Waals surface area contributed by atoms with Crippen molar-refractivity contribution in [2.24, 2.45) is 0 Å². The summed E-state index contributed by atoms with van der Waals surface area (Å²) in [4.78, 5) is 10.1. The highest BCUT2D eigenvalue weighted by atomic mass is 32.2. The van der Waals surface area contributed by atoms with Gasteiger partial charge in [0.25, 0.3) is 0 Å². The largest absolute Gasteiger partial charge is 0.481 e. The van der Waals surface area contributed by atoms with Crippen molar-refractivity contribution in [1.29, 1.82) is 0 Å². The van der Waals surface area contributed by atoms with Crippen LogP contribution in [0, 0.1) is 0 Å². The Bertz CT molecular complexity index is 132. The van der Waals surface area contributed by atoms with Crippen molar-refractivity contribution in [2.45, 2.75) is 18.9 Å². The molecule has 0 spiro atoms. The third-order valence-electron chi connectivity index (χ3n) is 1.56. The summed E-state index contributed by atoms with van der Waals surface area (Å²) in [6.45, 7) is 0.362. The van der Waals surface area contributed by atoms with E-state index in [4.69, 9.17) is 9.84 Å². The van der Waals surface area contributed by atoms with Crippen LogP contribution in [0.2, 0.25) is 0 Å². The third-order valence-corrected chi connectivity index (χ3v) is 2.69. The summed E-state index contributed by atoms with van der Waals surface area (Å²) in [6.07, 6.45) is 1.50. The minimum atomic E-state index is -0.782. The highest BCUT2D eigenvalue weighted by molar-refractivity contribution is 7.99. The maximum atomic E-state index is 10.1. The van der Waals surface area contributed by atoms with Crippen LogP contribution in [0.5, 0.6) is 0 Å². The van der Waals surface area contributed by atoms with Crippen LogP contribution in [0.3, 0.4) is 0 Å². The highest BCUT2D eigenvalue weighted by Crippen LogP contribution is 2.19. The molecule has 0 bridgehead atoms. The van der Waals surface area contributed by atoms with Gasteiger partial charge in [-0.05, 0) is 12.2 Å². The van der Waals surface area contributed by atoms with Gasteiger partial charge in [0.15, 0.2) is 0 Å². The molecule has 0 saturated carbocycles. The van der Waals surface area contributed by atoms with Crippen LogP contribution in [-0.2, 0) is 9.53 Å². The lowest BCUT2D eigenvalue weighted by atomic mass is 10.3. The van der Waals surface area contributed by atoms with Crippen LogP contribution in [0.15, 0.2) is 0 Å². The molecule has 0 aromatic heterocycles. The normalized spacial score (nSPS) is 23.8. The zero-order valence-corrected chi connectivity index (χ0v) is 7.10. The summed E-state index contributed by atoms with van der Waals surface area (Å²) in [5.74, 6) is 1.40. The molecule has 0 aromatic rings. The van der Waals surface area contributed by atoms with E-state index >= 15 is 0 Å². The van der Waals surface area contributed by atoms with E-state index in [1.807, 2.05) is 11.8 Å². The lowest BCUT2D eigenvalue weighted by Gasteiger charge is -2.07. The van der Waals surface area contributed by atoms with Crippen molar-refractivity contribution < 1.29 is 14.6 Å². The average molecular weight is 176 g/mol. The first-order valence-corrected chi connectivity index (χ1v) is 4.85. The first-order valence-electron chi connectivity index (χ1n) is 3.70. The second-order valence-corrected chi connectivity index (χ2v) is 3.65. The second kappa shape index (κ2) is 4.62. The first kappa shape index (κ1) is 8.87. The van der Waals surface area contributed by atoms with Crippen LogP contribution in [0.25, 0.3) is 0 Å². The van der Waals surface area contributed by atoms with E-state index in [1.54, 1.807) is 0 Å². The topological polar surface area (TPSA) is 46.5 Å². The Labute approximate surface area is 70.1 Å². The van der Waals surface area contributed by atoms with Crippen LogP contribution >= 0.6 is 11.8 Å². The van der Waals surface area contributed by atoms with E-state index in [-0.39, 0.29) is 6.42 Å². The summed E-state index contributed by atoms with van der Waals surface area (Å²) < 4.78 is 5.31. The van der Waals surface area contributed by atoms with Gasteiger partial charge in [-0.2, -0.15) is 11.8 Å². The fraction of sp³-hybridized carbons (Fsp3) is 0.857. The molecule has 11 heavy (non-hydrogen) atoms. The molecule has 1 aliphatic heterocycles. The van der Waals surface area contributed by atoms with Gasteiger partial charge < -0.3 is 9.84 Å². The Balaban J connectivity index is 1.98. The van der Waals surface area contributed by atoms with E-state index < -0.39 is 5.97 Å². The summed E-state index contributed by atoms with van der Waals surface area (Å²) in [7, 11) is 0. The van der Waals surface area contributed by atoms with Crippen molar-refractivity contribution in [3.05, 3.63) is 0 Å². The third kappa shape index (κ3) is 3.62. The molecule has 0 aromatic carbocycles. The molecule has 1 unspecified atom stereocenters. The zero-order valence-electron chi connectivity index (χ0n) is 6.28. The van der Waals surface area contributed by atoms with E-state index in [1.165, 1.54) is 0 Å². The number of ether oxygens (including phenoxy) is 1. The number of carbonyl (C=O) groups is 1. The van der Waals surface area contributed by atoms with E-state index in [2.05, 4.69) is 0 Å². The first-order chi connectivity index (χ1) is 5.29. The van der Waals surface area contributed by atoms with E-state index in [0.717, 1.165) is 17.9 Å². The Hall–Kier alpha value is -0.220. The Morgan fingerprint density at radius 1 is 1.73 bits per heavy atom. The lowest BCUT2D eigenvalue weighted by Crippen LogP contribution is -2.14. The summed E-state index contributed by atoms with van der Waals surface area (Å²) in [5, 5.41) is 8.30.